The highest BCUT2D eigenvalue weighted by molar-refractivity contribution is 9.10. The zero-order valence-electron chi connectivity index (χ0n) is 12.6. The highest BCUT2D eigenvalue weighted by atomic mass is 79.9. The van der Waals surface area contributed by atoms with Gasteiger partial charge in [0.05, 0.1) is 11.6 Å². The minimum absolute atomic E-state index is 0.0569. The average molecular weight is 365 g/mol. The number of carbonyl (C=O) groups is 2. The predicted octanol–water partition coefficient (Wildman–Crippen LogP) is 3.57. The summed E-state index contributed by atoms with van der Waals surface area (Å²) in [7, 11) is 0. The first-order valence-electron chi connectivity index (χ1n) is 8.00. The molecule has 1 saturated heterocycles. The molecular formula is C17H21BrN2O2. The van der Waals surface area contributed by atoms with Crippen LogP contribution in [-0.4, -0.2) is 29.3 Å². The number of para-hydroxylation sites is 1. The van der Waals surface area contributed by atoms with Crippen LogP contribution in [0.25, 0.3) is 0 Å². The van der Waals surface area contributed by atoms with E-state index < -0.39 is 0 Å². The van der Waals surface area contributed by atoms with Gasteiger partial charge in [-0.25, -0.2) is 0 Å². The van der Waals surface area contributed by atoms with Crippen LogP contribution in [-0.2, 0) is 9.59 Å². The molecule has 5 heteroatoms. The molecule has 0 radical (unpaired) electrons. The van der Waals surface area contributed by atoms with E-state index >= 15 is 0 Å². The van der Waals surface area contributed by atoms with Crippen molar-refractivity contribution in [1.82, 2.24) is 4.90 Å². The van der Waals surface area contributed by atoms with Crippen LogP contribution in [0.5, 0.6) is 0 Å². The van der Waals surface area contributed by atoms with E-state index in [9.17, 15) is 9.59 Å². The van der Waals surface area contributed by atoms with Gasteiger partial charge in [0.2, 0.25) is 11.8 Å². The lowest BCUT2D eigenvalue weighted by Crippen LogP contribution is -2.38. The number of hydrogen-bond donors (Lipinski definition) is 1. The number of halogens is 1. The number of rotatable bonds is 3. The first-order chi connectivity index (χ1) is 10.6. The SMILES string of the molecule is O=C(Nc1ccccc1Br)[C@@H]1CC(=O)N(C2CCCCC2)C1. The van der Waals surface area contributed by atoms with E-state index in [1.165, 1.54) is 19.3 Å². The molecule has 3 rings (SSSR count). The van der Waals surface area contributed by atoms with Crippen LogP contribution in [0, 0.1) is 5.92 Å². The molecule has 1 aliphatic heterocycles. The molecule has 0 bridgehead atoms. The Labute approximate surface area is 139 Å². The van der Waals surface area contributed by atoms with E-state index in [2.05, 4.69) is 21.2 Å². The number of carbonyl (C=O) groups excluding carboxylic acids is 2. The minimum atomic E-state index is -0.235. The van der Waals surface area contributed by atoms with E-state index in [1.807, 2.05) is 29.2 Å². The van der Waals surface area contributed by atoms with Crippen molar-refractivity contribution in [3.8, 4) is 0 Å². The number of benzene rings is 1. The molecule has 1 saturated carbocycles. The van der Waals surface area contributed by atoms with Gasteiger partial charge < -0.3 is 10.2 Å². The molecule has 2 aliphatic rings. The largest absolute Gasteiger partial charge is 0.339 e. The Hall–Kier alpha value is -1.36. The molecule has 4 nitrogen and oxygen atoms in total. The molecule has 1 atom stereocenters. The van der Waals surface area contributed by atoms with E-state index in [0.29, 0.717) is 19.0 Å². The first kappa shape index (κ1) is 15.5. The van der Waals surface area contributed by atoms with Crippen LogP contribution in [0.3, 0.4) is 0 Å². The summed E-state index contributed by atoms with van der Waals surface area (Å²) in [4.78, 5) is 26.6. The number of nitrogens with one attached hydrogen (secondary N) is 1. The fraction of sp³-hybridized carbons (Fsp3) is 0.529. The van der Waals surface area contributed by atoms with E-state index in [1.54, 1.807) is 0 Å². The van der Waals surface area contributed by atoms with Crippen LogP contribution in [0.15, 0.2) is 28.7 Å². The van der Waals surface area contributed by atoms with Gasteiger partial charge in [-0.2, -0.15) is 0 Å². The monoisotopic (exact) mass is 364 g/mol. The summed E-state index contributed by atoms with van der Waals surface area (Å²) in [5.41, 5.74) is 0.760. The number of hydrogen-bond acceptors (Lipinski definition) is 2. The van der Waals surface area contributed by atoms with Gasteiger partial charge in [0.15, 0.2) is 0 Å². The van der Waals surface area contributed by atoms with E-state index in [4.69, 9.17) is 0 Å². The summed E-state index contributed by atoms with van der Waals surface area (Å²) < 4.78 is 0.858. The van der Waals surface area contributed by atoms with Crippen LogP contribution in [0.4, 0.5) is 5.69 Å². The molecule has 118 valence electrons. The van der Waals surface area contributed by atoms with Gasteiger partial charge in [0.25, 0.3) is 0 Å². The number of anilines is 1. The Balaban J connectivity index is 1.62. The summed E-state index contributed by atoms with van der Waals surface area (Å²) >= 11 is 3.43. The summed E-state index contributed by atoms with van der Waals surface area (Å²) in [6, 6.07) is 7.89. The van der Waals surface area contributed by atoms with Crippen LogP contribution in [0.1, 0.15) is 38.5 Å². The molecule has 1 heterocycles. The lowest BCUT2D eigenvalue weighted by molar-refractivity contribution is -0.130. The molecule has 1 aromatic rings. The van der Waals surface area contributed by atoms with Gasteiger partial charge in [-0.3, -0.25) is 9.59 Å². The normalized spacial score (nSPS) is 22.9. The molecule has 2 fully saturated rings. The van der Waals surface area contributed by atoms with Gasteiger partial charge >= 0.3 is 0 Å². The molecule has 22 heavy (non-hydrogen) atoms. The van der Waals surface area contributed by atoms with Crippen molar-refractivity contribution in [2.75, 3.05) is 11.9 Å². The molecule has 0 spiro atoms. The summed E-state index contributed by atoms with van der Waals surface area (Å²) in [5.74, 6) is -0.153. The zero-order valence-corrected chi connectivity index (χ0v) is 14.1. The highest BCUT2D eigenvalue weighted by Crippen LogP contribution is 2.30. The first-order valence-corrected chi connectivity index (χ1v) is 8.79. The second-order valence-corrected chi connectivity index (χ2v) is 7.06. The van der Waals surface area contributed by atoms with Crippen LogP contribution >= 0.6 is 15.9 Å². The van der Waals surface area contributed by atoms with E-state index in [0.717, 1.165) is 23.0 Å². The number of nitrogens with zero attached hydrogens (tertiary/aromatic N) is 1. The third-order valence-corrected chi connectivity index (χ3v) is 5.37. The van der Waals surface area contributed by atoms with Crippen LogP contribution in [0.2, 0.25) is 0 Å². The average Bonchev–Trinajstić information content (AvgIpc) is 2.92. The Morgan fingerprint density at radius 3 is 2.64 bits per heavy atom. The molecule has 1 aromatic carbocycles. The smallest absolute Gasteiger partial charge is 0.229 e. The molecule has 0 aromatic heterocycles. The van der Waals surface area contributed by atoms with Crippen molar-refractivity contribution in [1.29, 1.82) is 0 Å². The quantitative estimate of drug-likeness (QED) is 0.890. The van der Waals surface area contributed by atoms with Crippen LogP contribution < -0.4 is 5.32 Å². The van der Waals surface area contributed by atoms with Crippen molar-refractivity contribution in [3.63, 3.8) is 0 Å². The standard InChI is InChI=1S/C17H21BrN2O2/c18-14-8-4-5-9-15(14)19-17(22)12-10-16(21)20(11-12)13-6-2-1-3-7-13/h4-5,8-9,12-13H,1-3,6-7,10-11H2,(H,19,22)/t12-/m1/s1. The molecule has 1 N–H and O–H groups in total. The number of amides is 2. The molecule has 2 amide bonds. The van der Waals surface area contributed by atoms with Crippen molar-refractivity contribution in [2.24, 2.45) is 5.92 Å². The fourth-order valence-electron chi connectivity index (χ4n) is 3.45. The summed E-state index contributed by atoms with van der Waals surface area (Å²) in [6.45, 7) is 0.569. The number of likely N-dealkylation sites (tertiary alicyclic amines) is 1. The third-order valence-electron chi connectivity index (χ3n) is 4.68. The van der Waals surface area contributed by atoms with Gasteiger partial charge in [-0.1, -0.05) is 31.4 Å². The summed E-state index contributed by atoms with van der Waals surface area (Å²) in [6.07, 6.45) is 6.18. The second kappa shape index (κ2) is 6.82. The van der Waals surface area contributed by atoms with E-state index in [-0.39, 0.29) is 17.7 Å². The molecular weight excluding hydrogens is 344 g/mol. The Morgan fingerprint density at radius 1 is 1.18 bits per heavy atom. The Kier molecular flexibility index (Phi) is 4.81. The Bertz CT molecular complexity index is 570. The lowest BCUT2D eigenvalue weighted by Gasteiger charge is -2.31. The maximum absolute atomic E-state index is 12.4. The third kappa shape index (κ3) is 3.35. The summed E-state index contributed by atoms with van der Waals surface area (Å²) in [5, 5.41) is 2.93. The topological polar surface area (TPSA) is 49.4 Å². The molecule has 0 unspecified atom stereocenters. The van der Waals surface area contributed by atoms with Crippen molar-refractivity contribution >= 4 is 33.4 Å². The lowest BCUT2D eigenvalue weighted by atomic mass is 9.94. The van der Waals surface area contributed by atoms with Gasteiger partial charge in [-0.05, 0) is 40.9 Å². The predicted molar refractivity (Wildman–Crippen MR) is 89.5 cm³/mol. The van der Waals surface area contributed by atoms with Gasteiger partial charge in [-0.15, -0.1) is 0 Å². The second-order valence-electron chi connectivity index (χ2n) is 6.21. The zero-order chi connectivity index (χ0) is 15.5. The van der Waals surface area contributed by atoms with Crippen molar-refractivity contribution < 1.29 is 9.59 Å². The van der Waals surface area contributed by atoms with Gasteiger partial charge in [0.1, 0.15) is 0 Å². The fourth-order valence-corrected chi connectivity index (χ4v) is 3.83. The van der Waals surface area contributed by atoms with Crippen molar-refractivity contribution in [3.05, 3.63) is 28.7 Å². The van der Waals surface area contributed by atoms with Crippen molar-refractivity contribution in [2.45, 2.75) is 44.6 Å². The maximum Gasteiger partial charge on any atom is 0.229 e. The molecule has 1 aliphatic carbocycles. The maximum atomic E-state index is 12.4. The highest BCUT2D eigenvalue weighted by Gasteiger charge is 2.38. The van der Waals surface area contributed by atoms with Gasteiger partial charge in [0, 0.05) is 23.5 Å². The Morgan fingerprint density at radius 2 is 1.91 bits per heavy atom. The minimum Gasteiger partial charge on any atom is -0.339 e.